The molecule has 2 aromatic carbocycles. The second-order valence-corrected chi connectivity index (χ2v) is 6.85. The van der Waals surface area contributed by atoms with Gasteiger partial charge in [0.05, 0.1) is 14.2 Å². The Kier molecular flexibility index (Phi) is 4.82. The number of hydrogen-bond donors (Lipinski definition) is 1. The fraction of sp³-hybridized carbons (Fsp3) is 0.304. The minimum absolute atomic E-state index is 0.145. The van der Waals surface area contributed by atoms with Crippen molar-refractivity contribution < 1.29 is 14.6 Å². The number of phenols is 1. The van der Waals surface area contributed by atoms with E-state index in [-0.39, 0.29) is 11.7 Å². The molecule has 3 heteroatoms. The normalized spacial score (nSPS) is 15.0. The van der Waals surface area contributed by atoms with Crippen LogP contribution >= 0.6 is 0 Å². The summed E-state index contributed by atoms with van der Waals surface area (Å²) in [5, 5.41) is 10.5. The minimum atomic E-state index is 0.145. The van der Waals surface area contributed by atoms with Crippen LogP contribution in [0, 0.1) is 0 Å². The molecule has 0 radical (unpaired) electrons. The third-order valence-electron chi connectivity index (χ3n) is 5.68. The first-order chi connectivity index (χ1) is 12.4. The Hall–Kier alpha value is -2.68. The number of phenolic OH excluding ortho intramolecular Hbond substituents is 1. The van der Waals surface area contributed by atoms with E-state index in [4.69, 9.17) is 9.47 Å². The summed E-state index contributed by atoms with van der Waals surface area (Å²) in [5.41, 5.74) is 8.12. The monoisotopic (exact) mass is 350 g/mol. The van der Waals surface area contributed by atoms with E-state index in [1.165, 1.54) is 22.3 Å². The molecule has 1 aliphatic carbocycles. The topological polar surface area (TPSA) is 38.7 Å². The standard InChI is InChI=1S/C23H26O3/c1-13-14(2)16(4)22(15(13)3)23-18(8-7-9-21(23)26-6)19-12-17(25-5)10-11-20(19)24/h7-12,22,24H,1-6H3. The highest BCUT2D eigenvalue weighted by Gasteiger charge is 2.31. The summed E-state index contributed by atoms with van der Waals surface area (Å²) in [6, 6.07) is 11.3. The Labute approximate surface area is 155 Å². The van der Waals surface area contributed by atoms with E-state index in [9.17, 15) is 5.11 Å². The average Bonchev–Trinajstić information content (AvgIpc) is 2.84. The number of allylic oxidation sites excluding steroid dienone is 4. The molecule has 0 aromatic heterocycles. The fourth-order valence-corrected chi connectivity index (χ4v) is 3.89. The van der Waals surface area contributed by atoms with Crippen molar-refractivity contribution in [1.29, 1.82) is 0 Å². The SMILES string of the molecule is COc1ccc(O)c(-c2cccc(OC)c2C2C(C)=C(C)C(C)=C2C)c1. The van der Waals surface area contributed by atoms with Crippen LogP contribution in [0.4, 0.5) is 0 Å². The molecular weight excluding hydrogens is 324 g/mol. The first-order valence-corrected chi connectivity index (χ1v) is 8.80. The van der Waals surface area contributed by atoms with Gasteiger partial charge in [-0.25, -0.2) is 0 Å². The molecule has 0 amide bonds. The molecule has 0 saturated heterocycles. The van der Waals surface area contributed by atoms with E-state index in [1.54, 1.807) is 26.4 Å². The zero-order valence-electron chi connectivity index (χ0n) is 16.3. The van der Waals surface area contributed by atoms with Gasteiger partial charge in [-0.2, -0.15) is 0 Å². The van der Waals surface area contributed by atoms with Gasteiger partial charge in [-0.1, -0.05) is 23.3 Å². The highest BCUT2D eigenvalue weighted by Crippen LogP contribution is 2.50. The highest BCUT2D eigenvalue weighted by molar-refractivity contribution is 5.79. The van der Waals surface area contributed by atoms with Crippen molar-refractivity contribution in [2.24, 2.45) is 0 Å². The van der Waals surface area contributed by atoms with E-state index < -0.39 is 0 Å². The molecule has 1 aliphatic rings. The highest BCUT2D eigenvalue weighted by atomic mass is 16.5. The first-order valence-electron chi connectivity index (χ1n) is 8.80. The van der Waals surface area contributed by atoms with Crippen molar-refractivity contribution in [3.05, 3.63) is 64.3 Å². The van der Waals surface area contributed by atoms with Gasteiger partial charge in [0.1, 0.15) is 17.2 Å². The van der Waals surface area contributed by atoms with Crippen LogP contribution in [0.25, 0.3) is 11.1 Å². The van der Waals surface area contributed by atoms with Crippen molar-refractivity contribution in [2.75, 3.05) is 14.2 Å². The van der Waals surface area contributed by atoms with Gasteiger partial charge in [-0.05, 0) is 68.7 Å². The summed E-state index contributed by atoms with van der Waals surface area (Å²) in [6.07, 6.45) is 0. The number of rotatable bonds is 4. The fourth-order valence-electron chi connectivity index (χ4n) is 3.89. The Morgan fingerprint density at radius 3 is 2.04 bits per heavy atom. The summed E-state index contributed by atoms with van der Waals surface area (Å²) in [6.45, 7) is 8.71. The van der Waals surface area contributed by atoms with Crippen molar-refractivity contribution >= 4 is 0 Å². The lowest BCUT2D eigenvalue weighted by Crippen LogP contribution is -2.05. The molecule has 0 aliphatic heterocycles. The largest absolute Gasteiger partial charge is 0.507 e. The van der Waals surface area contributed by atoms with E-state index in [0.29, 0.717) is 5.75 Å². The van der Waals surface area contributed by atoms with Gasteiger partial charge < -0.3 is 14.6 Å². The molecular formula is C23H26O3. The second-order valence-electron chi connectivity index (χ2n) is 6.85. The summed E-state index contributed by atoms with van der Waals surface area (Å²) < 4.78 is 11.1. The van der Waals surface area contributed by atoms with E-state index >= 15 is 0 Å². The molecule has 0 heterocycles. The predicted molar refractivity (Wildman–Crippen MR) is 106 cm³/mol. The number of ether oxygens (including phenoxy) is 2. The molecule has 0 atom stereocenters. The van der Waals surface area contributed by atoms with Crippen LogP contribution < -0.4 is 9.47 Å². The number of methoxy groups -OCH3 is 2. The zero-order valence-corrected chi connectivity index (χ0v) is 16.3. The molecule has 26 heavy (non-hydrogen) atoms. The molecule has 0 saturated carbocycles. The first kappa shape index (κ1) is 18.1. The maximum absolute atomic E-state index is 10.5. The summed E-state index contributed by atoms with van der Waals surface area (Å²) in [4.78, 5) is 0. The Bertz CT molecular complexity index is 895. The molecule has 0 unspecified atom stereocenters. The number of aromatic hydroxyl groups is 1. The van der Waals surface area contributed by atoms with Crippen LogP contribution in [0.1, 0.15) is 39.2 Å². The molecule has 0 bridgehead atoms. The van der Waals surface area contributed by atoms with Gasteiger partial charge in [0.25, 0.3) is 0 Å². The van der Waals surface area contributed by atoms with Gasteiger partial charge in [-0.3, -0.25) is 0 Å². The van der Waals surface area contributed by atoms with Crippen LogP contribution in [0.3, 0.4) is 0 Å². The molecule has 1 N–H and O–H groups in total. The van der Waals surface area contributed by atoms with Crippen LogP contribution in [0.2, 0.25) is 0 Å². The maximum Gasteiger partial charge on any atom is 0.123 e. The lowest BCUT2D eigenvalue weighted by molar-refractivity contribution is 0.408. The Morgan fingerprint density at radius 1 is 0.808 bits per heavy atom. The quantitative estimate of drug-likeness (QED) is 0.752. The summed E-state index contributed by atoms with van der Waals surface area (Å²) >= 11 is 0. The van der Waals surface area contributed by atoms with Crippen LogP contribution in [-0.2, 0) is 0 Å². The van der Waals surface area contributed by atoms with Gasteiger partial charge in [0.2, 0.25) is 0 Å². The molecule has 136 valence electrons. The number of benzene rings is 2. The predicted octanol–water partition coefficient (Wildman–Crippen LogP) is 5.85. The van der Waals surface area contributed by atoms with E-state index in [0.717, 1.165) is 22.4 Å². The molecule has 3 nitrogen and oxygen atoms in total. The smallest absolute Gasteiger partial charge is 0.123 e. The second kappa shape index (κ2) is 6.91. The third-order valence-corrected chi connectivity index (χ3v) is 5.68. The van der Waals surface area contributed by atoms with Crippen LogP contribution in [-0.4, -0.2) is 19.3 Å². The van der Waals surface area contributed by atoms with Crippen LogP contribution in [0.5, 0.6) is 17.2 Å². The zero-order chi connectivity index (χ0) is 19.0. The van der Waals surface area contributed by atoms with Gasteiger partial charge in [0, 0.05) is 17.0 Å². The minimum Gasteiger partial charge on any atom is -0.507 e. The van der Waals surface area contributed by atoms with Crippen LogP contribution in [0.15, 0.2) is 58.7 Å². The molecule has 3 rings (SSSR count). The molecule has 2 aromatic rings. The van der Waals surface area contributed by atoms with Gasteiger partial charge in [-0.15, -0.1) is 0 Å². The van der Waals surface area contributed by atoms with E-state index in [2.05, 4.69) is 27.7 Å². The van der Waals surface area contributed by atoms with Crippen molar-refractivity contribution in [3.8, 4) is 28.4 Å². The van der Waals surface area contributed by atoms with Crippen molar-refractivity contribution in [3.63, 3.8) is 0 Å². The summed E-state index contributed by atoms with van der Waals surface area (Å²) in [7, 11) is 3.33. The average molecular weight is 350 g/mol. The number of hydrogen-bond acceptors (Lipinski definition) is 3. The summed E-state index contributed by atoms with van der Waals surface area (Å²) in [5.74, 6) is 1.92. The van der Waals surface area contributed by atoms with Gasteiger partial charge in [0.15, 0.2) is 0 Å². The Balaban J connectivity index is 2.31. The van der Waals surface area contributed by atoms with Crippen molar-refractivity contribution in [1.82, 2.24) is 0 Å². The Morgan fingerprint density at radius 2 is 1.46 bits per heavy atom. The lowest BCUT2D eigenvalue weighted by Gasteiger charge is -2.23. The molecule has 0 spiro atoms. The van der Waals surface area contributed by atoms with E-state index in [1.807, 2.05) is 24.3 Å². The maximum atomic E-state index is 10.5. The van der Waals surface area contributed by atoms with Gasteiger partial charge >= 0.3 is 0 Å². The third kappa shape index (κ3) is 2.78. The lowest BCUT2D eigenvalue weighted by atomic mass is 9.83. The molecule has 0 fully saturated rings. The van der Waals surface area contributed by atoms with Crippen molar-refractivity contribution in [2.45, 2.75) is 33.6 Å².